The van der Waals surface area contributed by atoms with Crippen molar-refractivity contribution in [2.75, 3.05) is 6.61 Å². The van der Waals surface area contributed by atoms with Crippen LogP contribution in [0.15, 0.2) is 24.3 Å². The van der Waals surface area contributed by atoms with Crippen LogP contribution in [-0.2, 0) is 4.74 Å². The lowest BCUT2D eigenvalue weighted by molar-refractivity contribution is -0.119. The zero-order valence-corrected chi connectivity index (χ0v) is 22.8. The Balaban J connectivity index is 1.01. The van der Waals surface area contributed by atoms with Crippen molar-refractivity contribution in [2.45, 2.75) is 128 Å². The van der Waals surface area contributed by atoms with Gasteiger partial charge in [-0.2, -0.15) is 0 Å². The largest absolute Gasteiger partial charge is 0.375 e. The molecule has 1 saturated heterocycles. The zero-order chi connectivity index (χ0) is 24.5. The van der Waals surface area contributed by atoms with E-state index >= 15 is 4.39 Å². The van der Waals surface area contributed by atoms with Gasteiger partial charge < -0.3 is 4.74 Å². The molecule has 0 radical (unpaired) electrons. The van der Waals surface area contributed by atoms with Crippen molar-refractivity contribution < 1.29 is 9.13 Å². The molecule has 0 aromatic heterocycles. The van der Waals surface area contributed by atoms with E-state index in [0.29, 0.717) is 5.92 Å². The quantitative estimate of drug-likeness (QED) is 0.344. The third-order valence-corrected chi connectivity index (χ3v) is 11.3. The van der Waals surface area contributed by atoms with Crippen LogP contribution in [0.5, 0.6) is 0 Å². The Hall–Kier alpha value is -1.15. The number of ether oxygens (including phenoxy) is 1. The van der Waals surface area contributed by atoms with E-state index in [4.69, 9.17) is 4.74 Å². The topological polar surface area (TPSA) is 9.23 Å². The van der Waals surface area contributed by atoms with Crippen LogP contribution < -0.4 is 0 Å². The van der Waals surface area contributed by atoms with Crippen LogP contribution in [0.1, 0.15) is 133 Å². The van der Waals surface area contributed by atoms with E-state index in [0.717, 1.165) is 54.6 Å². The van der Waals surface area contributed by atoms with E-state index in [2.05, 4.69) is 25.1 Å². The van der Waals surface area contributed by atoms with Gasteiger partial charge in [-0.15, -0.1) is 0 Å². The van der Waals surface area contributed by atoms with E-state index in [1.54, 1.807) is 0 Å². The molecule has 1 aliphatic heterocycles. The van der Waals surface area contributed by atoms with Gasteiger partial charge >= 0.3 is 0 Å². The van der Waals surface area contributed by atoms with Crippen molar-refractivity contribution in [3.8, 4) is 0 Å². The van der Waals surface area contributed by atoms with Gasteiger partial charge in [-0.25, -0.2) is 4.39 Å². The molecule has 36 heavy (non-hydrogen) atoms. The SMILES string of the molecule is CCCCCC1CCC(c2ccc(C3=CCC(C4CCC5(CC4)OCC[C@H]4CC45)CC3)c(F)c2)CC1. The fourth-order valence-electron chi connectivity index (χ4n) is 8.89. The summed E-state index contributed by atoms with van der Waals surface area (Å²) in [6.45, 7) is 3.29. The summed E-state index contributed by atoms with van der Waals surface area (Å²) in [4.78, 5) is 0. The van der Waals surface area contributed by atoms with Crippen LogP contribution in [0, 0.1) is 35.4 Å². The molecule has 198 valence electrons. The van der Waals surface area contributed by atoms with Gasteiger partial charge in [0.15, 0.2) is 0 Å². The van der Waals surface area contributed by atoms with Gasteiger partial charge in [0.2, 0.25) is 0 Å². The molecule has 1 heterocycles. The number of rotatable bonds is 7. The van der Waals surface area contributed by atoms with Crippen molar-refractivity contribution in [1.29, 1.82) is 0 Å². The van der Waals surface area contributed by atoms with Gasteiger partial charge in [-0.3, -0.25) is 0 Å². The second-order valence-corrected chi connectivity index (χ2v) is 13.4. The molecular formula is C34H49FO. The number of benzene rings is 1. The van der Waals surface area contributed by atoms with Crippen molar-refractivity contribution >= 4 is 5.57 Å². The van der Waals surface area contributed by atoms with Crippen LogP contribution >= 0.6 is 0 Å². The molecule has 1 aromatic rings. The first-order valence-electron chi connectivity index (χ1n) is 15.8. The molecule has 5 aliphatic rings. The average Bonchev–Trinajstić information content (AvgIpc) is 3.72. The maximum Gasteiger partial charge on any atom is 0.130 e. The molecule has 4 aliphatic carbocycles. The highest BCUT2D eigenvalue weighted by Gasteiger charge is 2.56. The second-order valence-electron chi connectivity index (χ2n) is 13.4. The minimum atomic E-state index is 0.0234. The smallest absolute Gasteiger partial charge is 0.130 e. The molecule has 0 amide bonds. The maximum atomic E-state index is 15.3. The Kier molecular flexibility index (Phi) is 7.62. The van der Waals surface area contributed by atoms with Gasteiger partial charge in [-0.05, 0) is 136 Å². The Morgan fingerprint density at radius 1 is 0.917 bits per heavy atom. The van der Waals surface area contributed by atoms with Crippen molar-refractivity contribution in [3.63, 3.8) is 0 Å². The number of hydrogen-bond donors (Lipinski definition) is 0. The summed E-state index contributed by atoms with van der Waals surface area (Å²) in [5.74, 6) is 5.01. The van der Waals surface area contributed by atoms with Gasteiger partial charge in [0.05, 0.1) is 5.60 Å². The molecule has 3 saturated carbocycles. The van der Waals surface area contributed by atoms with Gasteiger partial charge in [0.1, 0.15) is 5.82 Å². The molecule has 6 rings (SSSR count). The van der Waals surface area contributed by atoms with Crippen LogP contribution in [-0.4, -0.2) is 12.2 Å². The first-order chi connectivity index (χ1) is 17.6. The summed E-state index contributed by atoms with van der Waals surface area (Å²) in [5.41, 5.74) is 3.65. The van der Waals surface area contributed by atoms with E-state index in [9.17, 15) is 0 Å². The molecule has 0 N–H and O–H groups in total. The summed E-state index contributed by atoms with van der Waals surface area (Å²) >= 11 is 0. The predicted octanol–water partition coefficient (Wildman–Crippen LogP) is 9.85. The lowest BCUT2D eigenvalue weighted by Crippen LogP contribution is -2.43. The molecular weight excluding hydrogens is 443 g/mol. The second kappa shape index (κ2) is 10.9. The molecule has 1 nitrogen and oxygen atoms in total. The van der Waals surface area contributed by atoms with Crippen LogP contribution in [0.4, 0.5) is 4.39 Å². The lowest BCUT2D eigenvalue weighted by atomic mass is 9.68. The van der Waals surface area contributed by atoms with E-state index in [-0.39, 0.29) is 11.4 Å². The monoisotopic (exact) mass is 492 g/mol. The number of hydrogen-bond acceptors (Lipinski definition) is 1. The van der Waals surface area contributed by atoms with E-state index < -0.39 is 0 Å². The molecule has 3 atom stereocenters. The highest BCUT2D eigenvalue weighted by molar-refractivity contribution is 5.67. The summed E-state index contributed by atoms with van der Waals surface area (Å²) in [6.07, 6.45) is 24.5. The first kappa shape index (κ1) is 25.1. The minimum Gasteiger partial charge on any atom is -0.375 e. The summed E-state index contributed by atoms with van der Waals surface area (Å²) < 4.78 is 21.7. The molecule has 2 heteroatoms. The summed E-state index contributed by atoms with van der Waals surface area (Å²) in [6, 6.07) is 6.25. The molecule has 2 unspecified atom stereocenters. The van der Waals surface area contributed by atoms with Crippen molar-refractivity contribution in [2.24, 2.45) is 29.6 Å². The van der Waals surface area contributed by atoms with Crippen LogP contribution in [0.2, 0.25) is 0 Å². The van der Waals surface area contributed by atoms with Gasteiger partial charge in [0, 0.05) is 12.2 Å². The van der Waals surface area contributed by atoms with Crippen LogP contribution in [0.25, 0.3) is 5.57 Å². The minimum absolute atomic E-state index is 0.0234. The van der Waals surface area contributed by atoms with Gasteiger partial charge in [-0.1, -0.05) is 50.8 Å². The molecule has 0 bridgehead atoms. The van der Waals surface area contributed by atoms with E-state index in [1.807, 2.05) is 6.07 Å². The van der Waals surface area contributed by atoms with Crippen LogP contribution in [0.3, 0.4) is 0 Å². The predicted molar refractivity (Wildman–Crippen MR) is 147 cm³/mol. The Morgan fingerprint density at radius 2 is 1.75 bits per heavy atom. The molecule has 1 aromatic carbocycles. The fourth-order valence-corrected chi connectivity index (χ4v) is 8.89. The average molecular weight is 493 g/mol. The number of fused-ring (bicyclic) bond motifs is 2. The Labute approximate surface area is 219 Å². The standard InChI is InChI=1S/C34H49FO/c1-2-3-4-5-24-6-8-26(9-7-24)29-14-15-31(33(35)23-29)28-12-10-25(11-13-28)27-16-19-34(20-17-27)32-22-30(32)18-21-36-34/h12,14-15,23-27,30,32H,2-11,13,16-22H2,1H3/t24?,25?,26?,27?,30-,32?,34?/m0/s1. The molecule has 4 fully saturated rings. The Morgan fingerprint density at radius 3 is 2.47 bits per heavy atom. The summed E-state index contributed by atoms with van der Waals surface area (Å²) in [7, 11) is 0. The van der Waals surface area contributed by atoms with Crippen molar-refractivity contribution in [1.82, 2.24) is 0 Å². The Bertz CT molecular complexity index is 917. The zero-order valence-electron chi connectivity index (χ0n) is 22.8. The highest BCUT2D eigenvalue weighted by Crippen LogP contribution is 2.59. The van der Waals surface area contributed by atoms with Gasteiger partial charge in [0.25, 0.3) is 0 Å². The van der Waals surface area contributed by atoms with E-state index in [1.165, 1.54) is 107 Å². The normalized spacial score (nSPS) is 38.4. The maximum absolute atomic E-state index is 15.3. The number of unbranched alkanes of at least 4 members (excludes halogenated alkanes) is 2. The number of allylic oxidation sites excluding steroid dienone is 2. The first-order valence-corrected chi connectivity index (χ1v) is 15.8. The third kappa shape index (κ3) is 5.23. The molecule has 1 spiro atoms. The lowest BCUT2D eigenvalue weighted by Gasteiger charge is -2.45. The van der Waals surface area contributed by atoms with Crippen molar-refractivity contribution in [3.05, 3.63) is 41.2 Å². The third-order valence-electron chi connectivity index (χ3n) is 11.3. The highest BCUT2D eigenvalue weighted by atomic mass is 19.1. The fraction of sp³-hybridized carbons (Fsp3) is 0.765. The summed E-state index contributed by atoms with van der Waals surface area (Å²) in [5, 5.41) is 0. The number of halogens is 1.